The molecule has 0 atom stereocenters. The maximum Gasteiger partial charge on any atom is 0.422 e. The Balaban J connectivity index is 1.41. The first-order valence-electron chi connectivity index (χ1n) is 12.7. The van der Waals surface area contributed by atoms with Gasteiger partial charge in [0.1, 0.15) is 17.5 Å². The molecule has 0 saturated heterocycles. The van der Waals surface area contributed by atoms with Crippen molar-refractivity contribution in [1.29, 1.82) is 0 Å². The second-order valence-corrected chi connectivity index (χ2v) is 9.54. The van der Waals surface area contributed by atoms with Crippen molar-refractivity contribution in [3.05, 3.63) is 112 Å². The van der Waals surface area contributed by atoms with Gasteiger partial charge in [0.05, 0.1) is 6.61 Å². The lowest BCUT2D eigenvalue weighted by atomic mass is 9.96. The summed E-state index contributed by atoms with van der Waals surface area (Å²) in [5.74, 6) is -3.07. The summed E-state index contributed by atoms with van der Waals surface area (Å²) in [7, 11) is 1.52. The van der Waals surface area contributed by atoms with Gasteiger partial charge in [0.15, 0.2) is 18.2 Å². The molecule has 2 nitrogen and oxygen atoms in total. The second kappa shape index (κ2) is 12.7. The molecule has 4 aromatic rings. The topological polar surface area (TPSA) is 18.5 Å². The predicted molar refractivity (Wildman–Crippen MR) is 139 cm³/mol. The summed E-state index contributed by atoms with van der Waals surface area (Å²) in [4.78, 5) is 0. The van der Waals surface area contributed by atoms with Crippen LogP contribution in [0.2, 0.25) is 0 Å². The molecule has 4 rings (SSSR count). The molecule has 9 heteroatoms. The molecule has 212 valence electrons. The van der Waals surface area contributed by atoms with Gasteiger partial charge in [-0.2, -0.15) is 13.2 Å². The van der Waals surface area contributed by atoms with Gasteiger partial charge in [-0.1, -0.05) is 36.4 Å². The highest BCUT2D eigenvalue weighted by molar-refractivity contribution is 5.84. The van der Waals surface area contributed by atoms with E-state index in [1.807, 2.05) is 0 Å². The fraction of sp³-hybridized carbons (Fsp3) is 0.290. The van der Waals surface area contributed by atoms with Crippen molar-refractivity contribution in [3.63, 3.8) is 0 Å². The summed E-state index contributed by atoms with van der Waals surface area (Å²) in [5.41, 5.74) is 2.20. The van der Waals surface area contributed by atoms with Crippen LogP contribution in [0.25, 0.3) is 10.8 Å². The first-order chi connectivity index (χ1) is 19.0. The maximum absolute atomic E-state index is 15.2. The number of halogens is 7. The number of hydrogen-bond donors (Lipinski definition) is 0. The predicted octanol–water partition coefficient (Wildman–Crippen LogP) is 8.10. The van der Waals surface area contributed by atoms with Crippen molar-refractivity contribution >= 4 is 10.8 Å². The van der Waals surface area contributed by atoms with E-state index in [1.165, 1.54) is 25.3 Å². The van der Waals surface area contributed by atoms with Gasteiger partial charge in [0.2, 0.25) is 0 Å². The van der Waals surface area contributed by atoms with Crippen molar-refractivity contribution < 1.29 is 40.2 Å². The van der Waals surface area contributed by atoms with Gasteiger partial charge in [-0.15, -0.1) is 0 Å². The molecule has 0 fully saturated rings. The van der Waals surface area contributed by atoms with Crippen LogP contribution in [0.4, 0.5) is 30.7 Å². The molecule has 0 saturated carbocycles. The van der Waals surface area contributed by atoms with E-state index in [9.17, 15) is 26.3 Å². The standard InChI is InChI=1S/C31H27F7O2/c1-39-13-12-21-16-26(32)25(27(33)17-21)10-4-19-3-9-24-23(14-19)8-7-22(30(24)35)6-2-20-5-11-29(28(34)15-20)40-18-31(36,37)38/h3,5,7-9,11,14-17H,2,4,6,10,12-13,18H2,1H3. The van der Waals surface area contributed by atoms with Gasteiger partial charge >= 0.3 is 6.18 Å². The number of rotatable bonds is 11. The van der Waals surface area contributed by atoms with E-state index in [4.69, 9.17) is 4.74 Å². The minimum atomic E-state index is -4.58. The molecule has 0 spiro atoms. The summed E-state index contributed by atoms with van der Waals surface area (Å²) in [5, 5.41) is 1.01. The Morgan fingerprint density at radius 1 is 0.650 bits per heavy atom. The maximum atomic E-state index is 15.2. The Morgan fingerprint density at radius 2 is 1.30 bits per heavy atom. The molecule has 0 N–H and O–H groups in total. The third kappa shape index (κ3) is 7.53. The third-order valence-corrected chi connectivity index (χ3v) is 6.63. The van der Waals surface area contributed by atoms with Crippen LogP contribution in [0.3, 0.4) is 0 Å². The molecule has 0 aliphatic carbocycles. The molecular formula is C31H27F7O2. The molecule has 0 unspecified atom stereocenters. The van der Waals surface area contributed by atoms with E-state index < -0.39 is 41.8 Å². The van der Waals surface area contributed by atoms with E-state index in [0.717, 1.165) is 17.7 Å². The Kier molecular flexibility index (Phi) is 9.35. The summed E-state index contributed by atoms with van der Waals surface area (Å²) in [6, 6.07) is 14.8. The van der Waals surface area contributed by atoms with Crippen LogP contribution in [-0.2, 0) is 36.8 Å². The number of methoxy groups -OCH3 is 1. The fourth-order valence-electron chi connectivity index (χ4n) is 4.52. The highest BCUT2D eigenvalue weighted by atomic mass is 19.4. The number of alkyl halides is 3. The first-order valence-corrected chi connectivity index (χ1v) is 12.7. The lowest BCUT2D eigenvalue weighted by Crippen LogP contribution is -2.19. The second-order valence-electron chi connectivity index (χ2n) is 9.54. The largest absolute Gasteiger partial charge is 0.481 e. The van der Waals surface area contributed by atoms with Gasteiger partial charge in [-0.3, -0.25) is 0 Å². The summed E-state index contributed by atoms with van der Waals surface area (Å²) >= 11 is 0. The molecule has 0 radical (unpaired) electrons. The van der Waals surface area contributed by atoms with Crippen molar-refractivity contribution in [1.82, 2.24) is 0 Å². The van der Waals surface area contributed by atoms with Crippen LogP contribution in [-0.4, -0.2) is 26.5 Å². The van der Waals surface area contributed by atoms with Crippen LogP contribution in [0.15, 0.2) is 60.7 Å². The third-order valence-electron chi connectivity index (χ3n) is 6.63. The molecule has 0 aromatic heterocycles. The van der Waals surface area contributed by atoms with E-state index in [-0.39, 0.29) is 24.8 Å². The summed E-state index contributed by atoms with van der Waals surface area (Å²) in [6.45, 7) is -1.23. The molecule has 0 amide bonds. The Hall–Kier alpha value is -3.59. The van der Waals surface area contributed by atoms with Crippen LogP contribution in [0, 0.1) is 23.3 Å². The van der Waals surface area contributed by atoms with Crippen LogP contribution < -0.4 is 4.74 Å². The first kappa shape index (κ1) is 29.4. The molecule has 4 aromatic carbocycles. The van der Waals surface area contributed by atoms with Gasteiger partial charge in [0.25, 0.3) is 0 Å². The van der Waals surface area contributed by atoms with Crippen LogP contribution in [0.1, 0.15) is 27.8 Å². The normalized spacial score (nSPS) is 11.8. The molecule has 40 heavy (non-hydrogen) atoms. The molecule has 0 heterocycles. The van der Waals surface area contributed by atoms with E-state index in [1.54, 1.807) is 30.3 Å². The highest BCUT2D eigenvalue weighted by Gasteiger charge is 2.29. The number of ether oxygens (including phenoxy) is 2. The van der Waals surface area contributed by atoms with Crippen molar-refractivity contribution in [2.75, 3.05) is 20.3 Å². The van der Waals surface area contributed by atoms with Gasteiger partial charge in [-0.25, -0.2) is 17.6 Å². The van der Waals surface area contributed by atoms with Crippen molar-refractivity contribution in [2.45, 2.75) is 38.3 Å². The molecule has 0 bridgehead atoms. The minimum Gasteiger partial charge on any atom is -0.481 e. The van der Waals surface area contributed by atoms with Gasteiger partial charge < -0.3 is 9.47 Å². The minimum absolute atomic E-state index is 0.000763. The lowest BCUT2D eigenvalue weighted by Gasteiger charge is -2.12. The quantitative estimate of drug-likeness (QED) is 0.172. The van der Waals surface area contributed by atoms with Gasteiger partial charge in [-0.05, 0) is 84.0 Å². The fourth-order valence-corrected chi connectivity index (χ4v) is 4.52. The zero-order valence-electron chi connectivity index (χ0n) is 21.7. The van der Waals surface area contributed by atoms with Gasteiger partial charge in [0, 0.05) is 18.1 Å². The number of hydrogen-bond acceptors (Lipinski definition) is 2. The van der Waals surface area contributed by atoms with Crippen LogP contribution >= 0.6 is 0 Å². The zero-order chi connectivity index (χ0) is 28.9. The Labute approximate surface area is 227 Å². The Morgan fingerprint density at radius 3 is 1.98 bits per heavy atom. The molecule has 0 aliphatic rings. The summed E-state index contributed by atoms with van der Waals surface area (Å²) < 4.78 is 105. The van der Waals surface area contributed by atoms with E-state index in [0.29, 0.717) is 46.9 Å². The average molecular weight is 565 g/mol. The van der Waals surface area contributed by atoms with Crippen molar-refractivity contribution in [2.24, 2.45) is 0 Å². The Bertz CT molecular complexity index is 1460. The zero-order valence-corrected chi connectivity index (χ0v) is 21.7. The average Bonchev–Trinajstić information content (AvgIpc) is 2.90. The number of aryl methyl sites for hydroxylation is 3. The van der Waals surface area contributed by atoms with E-state index in [2.05, 4.69) is 4.74 Å². The summed E-state index contributed by atoms with van der Waals surface area (Å²) in [6.07, 6.45) is -3.16. The van der Waals surface area contributed by atoms with E-state index >= 15 is 4.39 Å². The lowest BCUT2D eigenvalue weighted by molar-refractivity contribution is -0.153. The molecule has 0 aliphatic heterocycles. The van der Waals surface area contributed by atoms with Crippen molar-refractivity contribution in [3.8, 4) is 5.75 Å². The van der Waals surface area contributed by atoms with Crippen LogP contribution in [0.5, 0.6) is 5.75 Å². The highest BCUT2D eigenvalue weighted by Crippen LogP contribution is 2.27. The SMILES string of the molecule is COCCc1cc(F)c(CCc2ccc3c(F)c(CCc4ccc(OCC(F)(F)F)c(F)c4)ccc3c2)c(F)c1. The monoisotopic (exact) mass is 564 g/mol. The molecular weight excluding hydrogens is 537 g/mol. The smallest absolute Gasteiger partial charge is 0.422 e. The number of benzene rings is 4. The number of fused-ring (bicyclic) bond motifs is 1.